The summed E-state index contributed by atoms with van der Waals surface area (Å²) < 4.78 is 17.2. The topological polar surface area (TPSA) is 65.0 Å². The molecule has 0 aromatic carbocycles. The summed E-state index contributed by atoms with van der Waals surface area (Å²) in [5.74, 6) is -0.872. The molecule has 5 nitrogen and oxygen atoms in total. The molecule has 112 valence electrons. The molecular formula is C13H26O5Si. The number of hydrogen-bond acceptors (Lipinski definition) is 4. The average Bonchev–Trinajstić information content (AvgIpc) is 2.35. The molecule has 0 saturated carbocycles. The second kappa shape index (κ2) is 10.1. The quantitative estimate of drug-likeness (QED) is 0.360. The van der Waals surface area contributed by atoms with Gasteiger partial charge in [0, 0.05) is 31.4 Å². The zero-order chi connectivity index (χ0) is 14.7. The van der Waals surface area contributed by atoms with Crippen LogP contribution in [0.5, 0.6) is 0 Å². The van der Waals surface area contributed by atoms with Crippen LogP contribution in [0.1, 0.15) is 40.5 Å². The Morgan fingerprint density at radius 2 is 1.58 bits per heavy atom. The first-order chi connectivity index (χ1) is 9.01. The van der Waals surface area contributed by atoms with Gasteiger partial charge in [0.05, 0.1) is 0 Å². The third-order valence-electron chi connectivity index (χ3n) is 2.57. The molecule has 0 rings (SSSR count). The third-order valence-corrected chi connectivity index (χ3v) is 5.72. The number of unbranched alkanes of at least 4 members (excludes halogenated alkanes) is 1. The summed E-state index contributed by atoms with van der Waals surface area (Å²) in [7, 11) is -2.57. The van der Waals surface area contributed by atoms with Gasteiger partial charge in [-0.25, -0.2) is 4.79 Å². The van der Waals surface area contributed by atoms with Crippen molar-refractivity contribution in [1.29, 1.82) is 0 Å². The lowest BCUT2D eigenvalue weighted by Gasteiger charge is -2.28. The van der Waals surface area contributed by atoms with Crippen molar-refractivity contribution < 1.29 is 23.2 Å². The van der Waals surface area contributed by atoms with Crippen molar-refractivity contribution in [2.45, 2.75) is 46.6 Å². The molecule has 0 heterocycles. The van der Waals surface area contributed by atoms with Crippen LogP contribution < -0.4 is 0 Å². The Kier molecular flexibility index (Phi) is 9.77. The standard InChI is InChI=1S/C13H26O5Si/c1-5-16-19(17-6-2,18-7-3)11-9-8-10-12(4)13(14)15/h10H,5-9,11H2,1-4H3,(H,14,15)/b12-10+. The molecule has 0 aliphatic rings. The van der Waals surface area contributed by atoms with Crippen LogP contribution in [0.2, 0.25) is 6.04 Å². The average molecular weight is 290 g/mol. The Hall–Kier alpha value is -0.693. The SMILES string of the molecule is CCO[Si](CCC/C=C(\C)C(=O)O)(OCC)OCC. The summed E-state index contributed by atoms with van der Waals surface area (Å²) in [6.45, 7) is 9.07. The van der Waals surface area contributed by atoms with E-state index in [2.05, 4.69) is 0 Å². The molecule has 6 heteroatoms. The van der Waals surface area contributed by atoms with Crippen molar-refractivity contribution in [2.24, 2.45) is 0 Å². The van der Waals surface area contributed by atoms with E-state index in [-0.39, 0.29) is 0 Å². The van der Waals surface area contributed by atoms with Crippen molar-refractivity contribution in [1.82, 2.24) is 0 Å². The van der Waals surface area contributed by atoms with Crippen LogP contribution in [0.15, 0.2) is 11.6 Å². The minimum Gasteiger partial charge on any atom is -0.478 e. The second-order valence-electron chi connectivity index (χ2n) is 4.07. The Morgan fingerprint density at radius 3 is 1.95 bits per heavy atom. The summed E-state index contributed by atoms with van der Waals surface area (Å²) >= 11 is 0. The number of rotatable bonds is 11. The van der Waals surface area contributed by atoms with Crippen molar-refractivity contribution in [3.8, 4) is 0 Å². The lowest BCUT2D eigenvalue weighted by atomic mass is 10.2. The predicted molar refractivity (Wildman–Crippen MR) is 76.1 cm³/mol. The molecule has 0 amide bonds. The first-order valence-corrected chi connectivity index (χ1v) is 8.76. The predicted octanol–water partition coefficient (Wildman–Crippen LogP) is 2.85. The minimum atomic E-state index is -2.57. The molecule has 0 radical (unpaired) electrons. The van der Waals surface area contributed by atoms with E-state index in [1.165, 1.54) is 0 Å². The van der Waals surface area contributed by atoms with Crippen molar-refractivity contribution in [3.63, 3.8) is 0 Å². The molecule has 0 bridgehead atoms. The molecule has 0 spiro atoms. The highest BCUT2D eigenvalue weighted by molar-refractivity contribution is 6.60. The molecule has 0 aliphatic heterocycles. The number of carboxylic acids is 1. The maximum atomic E-state index is 10.7. The normalized spacial score (nSPS) is 12.7. The zero-order valence-electron chi connectivity index (χ0n) is 12.4. The smallest absolute Gasteiger partial charge is 0.478 e. The van der Waals surface area contributed by atoms with Gasteiger partial charge < -0.3 is 18.4 Å². The van der Waals surface area contributed by atoms with Crippen LogP contribution in [0.4, 0.5) is 0 Å². The molecule has 19 heavy (non-hydrogen) atoms. The van der Waals surface area contributed by atoms with Crippen LogP contribution in [-0.4, -0.2) is 39.7 Å². The van der Waals surface area contributed by atoms with Gasteiger partial charge in [-0.1, -0.05) is 6.08 Å². The second-order valence-corrected chi connectivity index (χ2v) is 6.80. The number of allylic oxidation sites excluding steroid dienone is 1. The highest BCUT2D eigenvalue weighted by Crippen LogP contribution is 2.19. The van der Waals surface area contributed by atoms with Gasteiger partial charge in [0.25, 0.3) is 0 Å². The highest BCUT2D eigenvalue weighted by Gasteiger charge is 2.39. The summed E-state index contributed by atoms with van der Waals surface area (Å²) in [5, 5.41) is 8.76. The Balaban J connectivity index is 4.39. The molecular weight excluding hydrogens is 264 g/mol. The molecule has 0 unspecified atom stereocenters. The lowest BCUT2D eigenvalue weighted by Crippen LogP contribution is -2.45. The fraction of sp³-hybridized carbons (Fsp3) is 0.769. The van der Waals surface area contributed by atoms with Gasteiger partial charge in [-0.2, -0.15) is 0 Å². The molecule has 0 atom stereocenters. The monoisotopic (exact) mass is 290 g/mol. The van der Waals surface area contributed by atoms with E-state index in [1.54, 1.807) is 13.0 Å². The van der Waals surface area contributed by atoms with Gasteiger partial charge in [0.15, 0.2) is 0 Å². The third kappa shape index (κ3) is 7.46. The van der Waals surface area contributed by atoms with Crippen LogP contribution in [0.3, 0.4) is 0 Å². The number of aliphatic carboxylic acids is 1. The Labute approximate surface area is 116 Å². The fourth-order valence-corrected chi connectivity index (χ4v) is 4.37. The fourth-order valence-electron chi connectivity index (χ4n) is 1.73. The Bertz CT molecular complexity index is 274. The first-order valence-electron chi connectivity index (χ1n) is 6.83. The number of carbonyl (C=O) groups is 1. The van der Waals surface area contributed by atoms with Crippen LogP contribution in [0, 0.1) is 0 Å². The van der Waals surface area contributed by atoms with E-state index in [4.69, 9.17) is 18.4 Å². The summed E-state index contributed by atoms with van der Waals surface area (Å²) in [5.41, 5.74) is 0.372. The van der Waals surface area contributed by atoms with Gasteiger partial charge in [0.1, 0.15) is 0 Å². The largest absolute Gasteiger partial charge is 0.500 e. The van der Waals surface area contributed by atoms with Gasteiger partial charge >= 0.3 is 14.8 Å². The number of carboxylic acid groups (broad SMARTS) is 1. The molecule has 1 N–H and O–H groups in total. The van der Waals surface area contributed by atoms with Gasteiger partial charge in [-0.05, 0) is 40.5 Å². The van der Waals surface area contributed by atoms with Gasteiger partial charge in [0.2, 0.25) is 0 Å². The van der Waals surface area contributed by atoms with E-state index >= 15 is 0 Å². The van der Waals surface area contributed by atoms with E-state index in [0.717, 1.165) is 6.42 Å². The van der Waals surface area contributed by atoms with Crippen LogP contribution >= 0.6 is 0 Å². The maximum absolute atomic E-state index is 10.7. The minimum absolute atomic E-state index is 0.372. The maximum Gasteiger partial charge on any atom is 0.500 e. The number of hydrogen-bond donors (Lipinski definition) is 1. The van der Waals surface area contributed by atoms with Crippen molar-refractivity contribution in [3.05, 3.63) is 11.6 Å². The van der Waals surface area contributed by atoms with E-state index < -0.39 is 14.8 Å². The molecule has 0 fully saturated rings. The summed E-state index contributed by atoms with van der Waals surface area (Å²) in [4.78, 5) is 10.7. The zero-order valence-corrected chi connectivity index (χ0v) is 13.4. The van der Waals surface area contributed by atoms with E-state index in [0.29, 0.717) is 37.9 Å². The Morgan fingerprint density at radius 1 is 1.11 bits per heavy atom. The van der Waals surface area contributed by atoms with E-state index in [1.807, 2.05) is 20.8 Å². The van der Waals surface area contributed by atoms with Crippen LogP contribution in [0.25, 0.3) is 0 Å². The first kappa shape index (κ1) is 18.3. The van der Waals surface area contributed by atoms with Crippen molar-refractivity contribution >= 4 is 14.8 Å². The summed E-state index contributed by atoms with van der Waals surface area (Å²) in [6.07, 6.45) is 3.22. The van der Waals surface area contributed by atoms with Crippen LogP contribution in [-0.2, 0) is 18.1 Å². The van der Waals surface area contributed by atoms with E-state index in [9.17, 15) is 4.79 Å². The lowest BCUT2D eigenvalue weighted by molar-refractivity contribution is -0.132. The highest BCUT2D eigenvalue weighted by atomic mass is 28.4. The van der Waals surface area contributed by atoms with Gasteiger partial charge in [-0.3, -0.25) is 0 Å². The molecule has 0 saturated heterocycles. The summed E-state index contributed by atoms with van der Waals surface area (Å²) in [6, 6.07) is 0.714. The molecule has 0 aliphatic carbocycles. The molecule has 0 aromatic heterocycles. The molecule has 0 aromatic rings. The van der Waals surface area contributed by atoms with Gasteiger partial charge in [-0.15, -0.1) is 0 Å². The van der Waals surface area contributed by atoms with Crippen molar-refractivity contribution in [2.75, 3.05) is 19.8 Å².